The first-order valence-electron chi connectivity index (χ1n) is 10.5. The minimum absolute atomic E-state index is 0.0331. The Morgan fingerprint density at radius 1 is 1.21 bits per heavy atom. The van der Waals surface area contributed by atoms with Gasteiger partial charge in [-0.05, 0) is 66.8 Å². The van der Waals surface area contributed by atoms with Gasteiger partial charge in [0.15, 0.2) is 6.61 Å². The highest BCUT2D eigenvalue weighted by Crippen LogP contribution is 2.45. The molecule has 34 heavy (non-hydrogen) atoms. The molecular formula is C26H24F4O3S. The maximum atomic E-state index is 15.3. The van der Waals surface area contributed by atoms with E-state index in [2.05, 4.69) is 6.58 Å². The lowest BCUT2D eigenvalue weighted by Gasteiger charge is -2.21. The molecule has 3 rings (SSSR count). The second-order valence-electron chi connectivity index (χ2n) is 8.39. The molecule has 0 fully saturated rings. The van der Waals surface area contributed by atoms with Crippen LogP contribution in [0.3, 0.4) is 0 Å². The predicted octanol–water partition coefficient (Wildman–Crippen LogP) is 8.29. The number of hydrogen-bond acceptors (Lipinski definition) is 3. The van der Waals surface area contributed by atoms with E-state index in [1.54, 1.807) is 38.1 Å². The number of halogens is 4. The van der Waals surface area contributed by atoms with Crippen LogP contribution in [0.1, 0.15) is 49.6 Å². The van der Waals surface area contributed by atoms with Crippen LogP contribution in [0.4, 0.5) is 17.6 Å². The molecule has 2 aromatic carbocycles. The number of ether oxygens (including phenoxy) is 1. The number of carbonyl (C=O) groups is 1. The Labute approximate surface area is 199 Å². The summed E-state index contributed by atoms with van der Waals surface area (Å²) in [6, 6.07) is 7.79. The van der Waals surface area contributed by atoms with Crippen molar-refractivity contribution >= 4 is 38.5 Å². The molecule has 1 heterocycles. The number of carboxylic acids is 1. The number of benzene rings is 2. The summed E-state index contributed by atoms with van der Waals surface area (Å²) in [6.45, 7) is 9.46. The first-order chi connectivity index (χ1) is 15.8. The van der Waals surface area contributed by atoms with E-state index in [-0.39, 0.29) is 22.8 Å². The lowest BCUT2D eigenvalue weighted by molar-refractivity contribution is -0.153. The Bertz CT molecular complexity index is 1300. The van der Waals surface area contributed by atoms with Gasteiger partial charge in [0.05, 0.1) is 0 Å². The highest BCUT2D eigenvalue weighted by Gasteiger charge is 2.31. The van der Waals surface area contributed by atoms with Gasteiger partial charge in [-0.15, -0.1) is 11.3 Å². The topological polar surface area (TPSA) is 46.5 Å². The van der Waals surface area contributed by atoms with E-state index in [1.165, 1.54) is 17.4 Å². The molecule has 0 saturated heterocycles. The fraction of sp³-hybridized carbons (Fsp3) is 0.269. The summed E-state index contributed by atoms with van der Waals surface area (Å²) >= 11 is 1.27. The number of rotatable bonds is 7. The molecule has 0 unspecified atom stereocenters. The summed E-state index contributed by atoms with van der Waals surface area (Å²) in [5.41, 5.74) is 2.61. The van der Waals surface area contributed by atoms with Crippen LogP contribution < -0.4 is 4.74 Å². The molecule has 0 atom stereocenters. The highest BCUT2D eigenvalue weighted by molar-refractivity contribution is 7.20. The van der Waals surface area contributed by atoms with Crippen LogP contribution in [-0.4, -0.2) is 23.9 Å². The number of fused-ring (bicyclic) bond motifs is 1. The van der Waals surface area contributed by atoms with E-state index >= 15 is 4.39 Å². The second-order valence-corrected chi connectivity index (χ2v) is 9.48. The number of aliphatic carboxylic acids is 1. The zero-order chi connectivity index (χ0) is 25.4. The van der Waals surface area contributed by atoms with Crippen molar-refractivity contribution in [1.29, 1.82) is 0 Å². The van der Waals surface area contributed by atoms with Crippen molar-refractivity contribution < 1.29 is 32.2 Å². The van der Waals surface area contributed by atoms with E-state index in [0.29, 0.717) is 37.2 Å². The van der Waals surface area contributed by atoms with Gasteiger partial charge in [0.1, 0.15) is 11.6 Å². The normalized spacial score (nSPS) is 12.4. The summed E-state index contributed by atoms with van der Waals surface area (Å²) in [5, 5.41) is 9.54. The molecule has 0 bridgehead atoms. The SMILES string of the molecule is C=C(C)c1cc(-c2c(F)ccc3sc(/C(C)=C/C(=O)O)cc23)c(OCC(F)(F)F)c(C(C)C)c1. The molecule has 3 aromatic rings. The molecule has 0 spiro atoms. The van der Waals surface area contributed by atoms with Gasteiger partial charge in [0.25, 0.3) is 0 Å². The summed E-state index contributed by atoms with van der Waals surface area (Å²) < 4.78 is 60.5. The average Bonchev–Trinajstić information content (AvgIpc) is 3.15. The van der Waals surface area contributed by atoms with E-state index in [9.17, 15) is 18.0 Å². The van der Waals surface area contributed by atoms with Gasteiger partial charge in [-0.25, -0.2) is 9.18 Å². The molecule has 0 radical (unpaired) electrons. The molecule has 0 aliphatic carbocycles. The Balaban J connectivity index is 2.37. The van der Waals surface area contributed by atoms with Crippen LogP contribution in [0, 0.1) is 5.82 Å². The van der Waals surface area contributed by atoms with Crippen LogP contribution in [0.15, 0.2) is 43.0 Å². The lowest BCUT2D eigenvalue weighted by Crippen LogP contribution is -2.20. The van der Waals surface area contributed by atoms with Gasteiger partial charge < -0.3 is 9.84 Å². The highest BCUT2D eigenvalue weighted by atomic mass is 32.1. The Morgan fingerprint density at radius 2 is 1.88 bits per heavy atom. The van der Waals surface area contributed by atoms with Crippen LogP contribution in [0.2, 0.25) is 0 Å². The zero-order valence-corrected chi connectivity index (χ0v) is 20.0. The predicted molar refractivity (Wildman–Crippen MR) is 129 cm³/mol. The number of hydrogen-bond donors (Lipinski definition) is 1. The molecular weight excluding hydrogens is 468 g/mol. The molecule has 8 heteroatoms. The quantitative estimate of drug-likeness (QED) is 0.267. The maximum Gasteiger partial charge on any atom is 0.422 e. The third kappa shape index (κ3) is 5.50. The van der Waals surface area contributed by atoms with E-state index in [1.807, 2.05) is 13.8 Å². The first kappa shape index (κ1) is 25.5. The van der Waals surface area contributed by atoms with Crippen molar-refractivity contribution in [3.05, 3.63) is 64.8 Å². The summed E-state index contributed by atoms with van der Waals surface area (Å²) in [5.74, 6) is -1.97. The number of allylic oxidation sites excluding steroid dienone is 2. The van der Waals surface area contributed by atoms with Crippen LogP contribution >= 0.6 is 11.3 Å². The van der Waals surface area contributed by atoms with Gasteiger partial charge >= 0.3 is 12.1 Å². The van der Waals surface area contributed by atoms with Crippen LogP contribution in [0.25, 0.3) is 32.4 Å². The van der Waals surface area contributed by atoms with E-state index in [4.69, 9.17) is 9.84 Å². The van der Waals surface area contributed by atoms with Crippen molar-refractivity contribution in [3.63, 3.8) is 0 Å². The van der Waals surface area contributed by atoms with Gasteiger partial charge in [-0.1, -0.05) is 26.0 Å². The number of thiophene rings is 1. The molecule has 0 aliphatic heterocycles. The molecule has 1 aromatic heterocycles. The Morgan fingerprint density at radius 3 is 2.44 bits per heavy atom. The van der Waals surface area contributed by atoms with Gasteiger partial charge in [-0.3, -0.25) is 0 Å². The Hall–Kier alpha value is -3.13. The largest absolute Gasteiger partial charge is 0.483 e. The third-order valence-corrected chi connectivity index (χ3v) is 6.50. The maximum absolute atomic E-state index is 15.3. The molecule has 3 nitrogen and oxygen atoms in total. The first-order valence-corrected chi connectivity index (χ1v) is 11.3. The summed E-state index contributed by atoms with van der Waals surface area (Å²) in [4.78, 5) is 11.7. The van der Waals surface area contributed by atoms with Crippen LogP contribution in [-0.2, 0) is 4.79 Å². The van der Waals surface area contributed by atoms with E-state index in [0.717, 1.165) is 6.08 Å². The molecule has 180 valence electrons. The van der Waals surface area contributed by atoms with Crippen molar-refractivity contribution in [2.75, 3.05) is 6.61 Å². The second kappa shape index (κ2) is 9.62. The fourth-order valence-electron chi connectivity index (χ4n) is 3.64. The van der Waals surface area contributed by atoms with Crippen molar-refractivity contribution in [2.45, 2.75) is 39.8 Å². The van der Waals surface area contributed by atoms with Crippen molar-refractivity contribution in [2.24, 2.45) is 0 Å². The minimum Gasteiger partial charge on any atom is -0.483 e. The molecule has 1 N–H and O–H groups in total. The molecule has 0 amide bonds. The summed E-state index contributed by atoms with van der Waals surface area (Å²) in [6.07, 6.45) is -3.52. The number of carboxylic acid groups (broad SMARTS) is 1. The standard InChI is InChI=1S/C26H24F4O3S/c1-13(2)16-9-17(14(3)4)25(33-12-26(28,29)30)19(10-16)24-18-11-22(15(5)8-23(31)32)34-21(18)7-6-20(24)27/h6-11,14H,1,12H2,2-5H3,(H,31,32)/b15-8+. The third-order valence-electron chi connectivity index (χ3n) is 5.26. The molecule has 0 saturated carbocycles. The minimum atomic E-state index is -4.57. The van der Waals surface area contributed by atoms with Crippen LogP contribution in [0.5, 0.6) is 5.75 Å². The lowest BCUT2D eigenvalue weighted by atomic mass is 9.90. The van der Waals surface area contributed by atoms with Gasteiger partial charge in [0.2, 0.25) is 0 Å². The zero-order valence-electron chi connectivity index (χ0n) is 19.1. The van der Waals surface area contributed by atoms with Gasteiger partial charge in [-0.2, -0.15) is 13.2 Å². The monoisotopic (exact) mass is 492 g/mol. The molecule has 0 aliphatic rings. The summed E-state index contributed by atoms with van der Waals surface area (Å²) in [7, 11) is 0. The number of alkyl halides is 3. The fourth-order valence-corrected chi connectivity index (χ4v) is 4.68. The van der Waals surface area contributed by atoms with Gasteiger partial charge in [0, 0.05) is 32.2 Å². The van der Waals surface area contributed by atoms with E-state index < -0.39 is 24.6 Å². The van der Waals surface area contributed by atoms with Crippen molar-refractivity contribution in [3.8, 4) is 16.9 Å². The average molecular weight is 493 g/mol. The smallest absolute Gasteiger partial charge is 0.422 e. The van der Waals surface area contributed by atoms with Crippen molar-refractivity contribution in [1.82, 2.24) is 0 Å². The Kier molecular flexibility index (Phi) is 7.21.